The van der Waals surface area contributed by atoms with Crippen LogP contribution in [-0.2, 0) is 9.53 Å². The second kappa shape index (κ2) is 6.65. The molecule has 2 N–H and O–H groups in total. The second-order valence-corrected chi connectivity index (χ2v) is 2.26. The summed E-state index contributed by atoms with van der Waals surface area (Å²) >= 11 is 0. The lowest BCUT2D eigenvalue weighted by atomic mass is 10.1. The van der Waals surface area contributed by atoms with Crippen LogP contribution in [-0.4, -0.2) is 29.4 Å². The predicted molar refractivity (Wildman–Crippen MR) is 41.8 cm³/mol. The topological polar surface area (TPSA) is 66.8 Å². The van der Waals surface area contributed by atoms with Crippen molar-refractivity contribution in [2.24, 2.45) is 5.92 Å². The molecule has 4 nitrogen and oxygen atoms in total. The lowest BCUT2D eigenvalue weighted by Gasteiger charge is -2.06. The SMILES string of the molecule is CC#COC(=O)CC(CO)CO. The Kier molecular flexibility index (Phi) is 6.07. The number of esters is 1. The second-order valence-electron chi connectivity index (χ2n) is 2.26. The van der Waals surface area contributed by atoms with Crippen LogP contribution in [0.5, 0.6) is 0 Å². The summed E-state index contributed by atoms with van der Waals surface area (Å²) in [5.74, 6) is 1.41. The molecule has 0 saturated heterocycles. The molecule has 0 aromatic carbocycles. The zero-order valence-electron chi connectivity index (χ0n) is 6.91. The van der Waals surface area contributed by atoms with E-state index in [9.17, 15) is 4.79 Å². The first-order valence-electron chi connectivity index (χ1n) is 3.57. The maximum absolute atomic E-state index is 10.8. The number of hydrogen-bond donors (Lipinski definition) is 2. The minimum atomic E-state index is -0.530. The molecule has 68 valence electrons. The molecule has 0 amide bonds. The molecule has 0 saturated carbocycles. The number of carbonyl (C=O) groups excluding carboxylic acids is 1. The molecule has 0 unspecified atom stereocenters. The van der Waals surface area contributed by atoms with E-state index in [-0.39, 0.29) is 19.6 Å². The third kappa shape index (κ3) is 4.72. The highest BCUT2D eigenvalue weighted by Gasteiger charge is 2.12. The molecule has 0 aromatic heterocycles. The van der Waals surface area contributed by atoms with Gasteiger partial charge in [0.15, 0.2) is 0 Å². The zero-order valence-corrected chi connectivity index (χ0v) is 6.91. The molecule has 0 radical (unpaired) electrons. The Labute approximate surface area is 71.2 Å². The number of hydrogen-bond acceptors (Lipinski definition) is 4. The van der Waals surface area contributed by atoms with Gasteiger partial charge in [-0.1, -0.05) is 5.92 Å². The summed E-state index contributed by atoms with van der Waals surface area (Å²) < 4.78 is 4.40. The van der Waals surface area contributed by atoms with Crippen LogP contribution in [0.2, 0.25) is 0 Å². The Balaban J connectivity index is 3.71. The maximum atomic E-state index is 10.8. The Morgan fingerprint density at radius 2 is 2.08 bits per heavy atom. The third-order valence-corrected chi connectivity index (χ3v) is 1.24. The number of carbonyl (C=O) groups is 1. The van der Waals surface area contributed by atoms with Crippen LogP contribution < -0.4 is 0 Å². The molecule has 0 fully saturated rings. The molecule has 0 atom stereocenters. The van der Waals surface area contributed by atoms with Crippen molar-refractivity contribution < 1.29 is 19.7 Å². The highest BCUT2D eigenvalue weighted by Crippen LogP contribution is 2.01. The number of ether oxygens (including phenoxy) is 1. The minimum Gasteiger partial charge on any atom is -0.396 e. The fraction of sp³-hybridized carbons (Fsp3) is 0.625. The summed E-state index contributed by atoms with van der Waals surface area (Å²) in [7, 11) is 0. The molecule has 0 aliphatic carbocycles. The molecular formula is C8H12O4. The molecule has 12 heavy (non-hydrogen) atoms. The van der Waals surface area contributed by atoms with Crippen LogP contribution >= 0.6 is 0 Å². The molecule has 0 aromatic rings. The average Bonchev–Trinajstić information content (AvgIpc) is 2.10. The largest absolute Gasteiger partial charge is 0.396 e. The van der Waals surface area contributed by atoms with Crippen LogP contribution in [0.1, 0.15) is 13.3 Å². The van der Waals surface area contributed by atoms with Gasteiger partial charge < -0.3 is 14.9 Å². The number of aliphatic hydroxyl groups is 2. The van der Waals surface area contributed by atoms with E-state index < -0.39 is 11.9 Å². The van der Waals surface area contributed by atoms with Gasteiger partial charge in [-0.3, -0.25) is 4.79 Å². The van der Waals surface area contributed by atoms with Gasteiger partial charge in [0.05, 0.1) is 6.42 Å². The highest BCUT2D eigenvalue weighted by atomic mass is 16.5. The molecule has 0 rings (SSSR count). The van der Waals surface area contributed by atoms with Gasteiger partial charge in [-0.05, 0) is 0 Å². The lowest BCUT2D eigenvalue weighted by molar-refractivity contribution is -0.138. The van der Waals surface area contributed by atoms with E-state index in [4.69, 9.17) is 10.2 Å². The average molecular weight is 172 g/mol. The monoisotopic (exact) mass is 172 g/mol. The zero-order chi connectivity index (χ0) is 9.40. The van der Waals surface area contributed by atoms with Gasteiger partial charge in [-0.2, -0.15) is 0 Å². The molecule has 0 spiro atoms. The van der Waals surface area contributed by atoms with E-state index in [1.807, 2.05) is 0 Å². The lowest BCUT2D eigenvalue weighted by Crippen LogP contribution is -2.16. The molecule has 0 aliphatic heterocycles. The molecular weight excluding hydrogens is 160 g/mol. The van der Waals surface area contributed by atoms with Gasteiger partial charge in [0.2, 0.25) is 0 Å². The van der Waals surface area contributed by atoms with Gasteiger partial charge >= 0.3 is 5.97 Å². The summed E-state index contributed by atoms with van der Waals surface area (Å²) in [6, 6.07) is 0. The van der Waals surface area contributed by atoms with Crippen LogP contribution in [0.3, 0.4) is 0 Å². The fourth-order valence-corrected chi connectivity index (χ4v) is 0.572. The van der Waals surface area contributed by atoms with E-state index >= 15 is 0 Å². The van der Waals surface area contributed by atoms with Crippen LogP contribution in [0.25, 0.3) is 0 Å². The maximum Gasteiger partial charge on any atom is 0.320 e. The number of rotatable bonds is 4. The van der Waals surface area contributed by atoms with Crippen molar-refractivity contribution >= 4 is 5.97 Å². The van der Waals surface area contributed by atoms with Gasteiger partial charge in [0.25, 0.3) is 0 Å². The summed E-state index contributed by atoms with van der Waals surface area (Å²) in [6.07, 6.45) is 2.13. The van der Waals surface area contributed by atoms with Crippen molar-refractivity contribution in [3.63, 3.8) is 0 Å². The van der Waals surface area contributed by atoms with Crippen molar-refractivity contribution in [3.8, 4) is 12.0 Å². The number of aliphatic hydroxyl groups excluding tert-OH is 2. The first kappa shape index (κ1) is 11.0. The van der Waals surface area contributed by atoms with Crippen molar-refractivity contribution in [2.75, 3.05) is 13.2 Å². The van der Waals surface area contributed by atoms with E-state index in [1.54, 1.807) is 6.92 Å². The first-order valence-corrected chi connectivity index (χ1v) is 3.57. The van der Waals surface area contributed by atoms with Gasteiger partial charge in [0.1, 0.15) is 6.11 Å². The summed E-state index contributed by atoms with van der Waals surface area (Å²) in [6.45, 7) is 1.08. The van der Waals surface area contributed by atoms with Crippen molar-refractivity contribution in [1.82, 2.24) is 0 Å². The smallest absolute Gasteiger partial charge is 0.320 e. The Hall–Kier alpha value is -1.05. The molecule has 0 bridgehead atoms. The predicted octanol–water partition coefficient (Wildman–Crippen LogP) is -0.499. The fourth-order valence-electron chi connectivity index (χ4n) is 0.572. The Morgan fingerprint density at radius 1 is 1.50 bits per heavy atom. The summed E-state index contributed by atoms with van der Waals surface area (Å²) in [5.41, 5.74) is 0. The first-order chi connectivity index (χ1) is 5.74. The quantitative estimate of drug-likeness (QED) is 0.443. The Morgan fingerprint density at radius 3 is 2.50 bits per heavy atom. The summed E-state index contributed by atoms with van der Waals surface area (Å²) in [4.78, 5) is 10.8. The molecule has 0 aliphatic rings. The van der Waals surface area contributed by atoms with E-state index in [1.165, 1.54) is 0 Å². The minimum absolute atomic E-state index is 0.0122. The van der Waals surface area contributed by atoms with E-state index in [2.05, 4.69) is 16.8 Å². The highest BCUT2D eigenvalue weighted by molar-refractivity contribution is 5.70. The van der Waals surface area contributed by atoms with Gasteiger partial charge in [0, 0.05) is 26.1 Å². The normalized spacial score (nSPS) is 9.00. The van der Waals surface area contributed by atoms with Crippen LogP contribution in [0.15, 0.2) is 0 Å². The molecule has 4 heteroatoms. The Bertz CT molecular complexity index is 185. The van der Waals surface area contributed by atoms with E-state index in [0.717, 1.165) is 0 Å². The van der Waals surface area contributed by atoms with E-state index in [0.29, 0.717) is 0 Å². The van der Waals surface area contributed by atoms with Crippen LogP contribution in [0.4, 0.5) is 0 Å². The standard InChI is InChI=1S/C8H12O4/c1-2-3-12-8(11)4-7(5-9)6-10/h7,9-10H,4-6H2,1H3. The summed E-state index contributed by atoms with van der Waals surface area (Å²) in [5, 5.41) is 17.2. The van der Waals surface area contributed by atoms with Gasteiger partial charge in [-0.15, -0.1) is 0 Å². The third-order valence-electron chi connectivity index (χ3n) is 1.24. The van der Waals surface area contributed by atoms with Crippen molar-refractivity contribution in [3.05, 3.63) is 0 Å². The van der Waals surface area contributed by atoms with Crippen LogP contribution in [0, 0.1) is 17.9 Å². The van der Waals surface area contributed by atoms with Gasteiger partial charge in [-0.25, -0.2) is 0 Å². The van der Waals surface area contributed by atoms with Crippen molar-refractivity contribution in [2.45, 2.75) is 13.3 Å². The van der Waals surface area contributed by atoms with Crippen molar-refractivity contribution in [1.29, 1.82) is 0 Å². The molecule has 0 heterocycles.